The summed E-state index contributed by atoms with van der Waals surface area (Å²) in [4.78, 5) is 12.1. The zero-order chi connectivity index (χ0) is 14.2. The van der Waals surface area contributed by atoms with Crippen LogP contribution in [-0.2, 0) is 13.0 Å². The van der Waals surface area contributed by atoms with Crippen LogP contribution in [0.3, 0.4) is 0 Å². The molecule has 4 nitrogen and oxygen atoms in total. The van der Waals surface area contributed by atoms with Gasteiger partial charge in [-0.25, -0.2) is 4.98 Å². The van der Waals surface area contributed by atoms with E-state index in [0.29, 0.717) is 0 Å². The minimum atomic E-state index is 0.736. The number of fused-ring (bicyclic) bond motifs is 3. The van der Waals surface area contributed by atoms with Crippen molar-refractivity contribution in [2.24, 2.45) is 0 Å². The fourth-order valence-electron chi connectivity index (χ4n) is 2.59. The third-order valence-electron chi connectivity index (χ3n) is 3.54. The zero-order valence-corrected chi connectivity index (χ0v) is 12.7. The second-order valence-corrected chi connectivity index (χ2v) is 6.16. The number of aryl methyl sites for hydroxylation is 2. The Kier molecular flexibility index (Phi) is 3.05. The number of nitrogens with one attached hydrogen (secondary N) is 1. The van der Waals surface area contributed by atoms with Crippen molar-refractivity contribution >= 4 is 45.5 Å². The molecule has 0 fully saturated rings. The van der Waals surface area contributed by atoms with Gasteiger partial charge in [-0.05, 0) is 18.3 Å². The molecule has 0 atom stereocenters. The van der Waals surface area contributed by atoms with E-state index < -0.39 is 0 Å². The summed E-state index contributed by atoms with van der Waals surface area (Å²) in [6.45, 7) is 0.820. The molecule has 0 aliphatic heterocycles. The molecular weight excluding hydrogens is 300 g/mol. The molecule has 1 aromatic carbocycles. The summed E-state index contributed by atoms with van der Waals surface area (Å²) in [5.74, 6) is 0. The van der Waals surface area contributed by atoms with Gasteiger partial charge < -0.3 is 9.55 Å². The standard InChI is InChI=1S/C15H12N4S2/c20-15-18-12-9-17-11-4-2-1-3-10(11)14(12)19(15)7-5-13-16-6-8-21-13/h1-4,6,8-9H,5,7H2,(H,18,20). The average molecular weight is 312 g/mol. The van der Waals surface area contributed by atoms with Crippen molar-refractivity contribution in [2.45, 2.75) is 13.0 Å². The summed E-state index contributed by atoms with van der Waals surface area (Å²) in [5, 5.41) is 4.26. The van der Waals surface area contributed by atoms with E-state index in [4.69, 9.17) is 12.2 Å². The van der Waals surface area contributed by atoms with E-state index in [1.165, 1.54) is 0 Å². The Morgan fingerprint density at radius 1 is 1.24 bits per heavy atom. The zero-order valence-electron chi connectivity index (χ0n) is 11.1. The van der Waals surface area contributed by atoms with Crippen LogP contribution in [0.2, 0.25) is 0 Å². The van der Waals surface area contributed by atoms with Gasteiger partial charge >= 0.3 is 0 Å². The molecule has 0 aliphatic rings. The van der Waals surface area contributed by atoms with Crippen LogP contribution in [-0.4, -0.2) is 19.5 Å². The first-order valence-corrected chi connectivity index (χ1v) is 7.96. The van der Waals surface area contributed by atoms with Crippen molar-refractivity contribution in [2.75, 3.05) is 0 Å². The minimum Gasteiger partial charge on any atom is -0.329 e. The van der Waals surface area contributed by atoms with E-state index in [2.05, 4.69) is 25.6 Å². The molecule has 104 valence electrons. The molecule has 1 N–H and O–H groups in total. The molecule has 0 radical (unpaired) electrons. The highest BCUT2D eigenvalue weighted by atomic mass is 32.1. The number of aromatic nitrogens is 4. The van der Waals surface area contributed by atoms with Gasteiger partial charge in [-0.15, -0.1) is 11.3 Å². The van der Waals surface area contributed by atoms with E-state index >= 15 is 0 Å². The number of nitrogens with zero attached hydrogens (tertiary/aromatic N) is 3. The third-order valence-corrected chi connectivity index (χ3v) is 4.70. The van der Waals surface area contributed by atoms with Gasteiger partial charge in [0.25, 0.3) is 0 Å². The largest absolute Gasteiger partial charge is 0.329 e. The number of imidazole rings is 1. The predicted molar refractivity (Wildman–Crippen MR) is 88.2 cm³/mol. The topological polar surface area (TPSA) is 46.5 Å². The Balaban J connectivity index is 1.88. The molecule has 0 amide bonds. The summed E-state index contributed by atoms with van der Waals surface area (Å²) >= 11 is 7.15. The lowest BCUT2D eigenvalue weighted by molar-refractivity contribution is 0.705. The number of pyridine rings is 1. The fourth-order valence-corrected chi connectivity index (χ4v) is 3.49. The first-order valence-electron chi connectivity index (χ1n) is 6.67. The van der Waals surface area contributed by atoms with Crippen LogP contribution >= 0.6 is 23.6 Å². The number of hydrogen-bond acceptors (Lipinski definition) is 4. The summed E-state index contributed by atoms with van der Waals surface area (Å²) in [7, 11) is 0. The monoisotopic (exact) mass is 312 g/mol. The maximum Gasteiger partial charge on any atom is 0.178 e. The summed E-state index contributed by atoms with van der Waals surface area (Å²) in [6, 6.07) is 8.15. The van der Waals surface area contributed by atoms with Crippen molar-refractivity contribution < 1.29 is 0 Å². The summed E-state index contributed by atoms with van der Waals surface area (Å²) in [5.41, 5.74) is 3.10. The van der Waals surface area contributed by atoms with Crippen molar-refractivity contribution in [1.29, 1.82) is 0 Å². The van der Waals surface area contributed by atoms with Crippen molar-refractivity contribution in [3.05, 3.63) is 51.8 Å². The van der Waals surface area contributed by atoms with E-state index in [0.717, 1.165) is 44.7 Å². The van der Waals surface area contributed by atoms with Crippen LogP contribution < -0.4 is 0 Å². The van der Waals surface area contributed by atoms with Crippen LogP contribution in [0.5, 0.6) is 0 Å². The second-order valence-electron chi connectivity index (χ2n) is 4.80. The minimum absolute atomic E-state index is 0.736. The smallest absolute Gasteiger partial charge is 0.178 e. The quantitative estimate of drug-likeness (QED) is 0.583. The molecule has 3 heterocycles. The van der Waals surface area contributed by atoms with Gasteiger partial charge in [0, 0.05) is 29.9 Å². The molecule has 0 spiro atoms. The normalized spacial score (nSPS) is 11.4. The summed E-state index contributed by atoms with van der Waals surface area (Å²) in [6.07, 6.45) is 4.58. The Hall–Kier alpha value is -2.05. The number of thiazole rings is 1. The molecule has 0 aliphatic carbocycles. The number of H-pyrrole nitrogens is 1. The number of benzene rings is 1. The highest BCUT2D eigenvalue weighted by Gasteiger charge is 2.09. The SMILES string of the molecule is S=c1[nH]c2cnc3ccccc3c2n1CCc1nccs1. The van der Waals surface area contributed by atoms with Crippen LogP contribution in [0.4, 0.5) is 0 Å². The molecule has 6 heteroatoms. The lowest BCUT2D eigenvalue weighted by Crippen LogP contribution is -2.01. The first-order chi connectivity index (χ1) is 10.3. The van der Waals surface area contributed by atoms with Gasteiger partial charge in [0.1, 0.15) is 0 Å². The average Bonchev–Trinajstić information content (AvgIpc) is 3.12. The highest BCUT2D eigenvalue weighted by Crippen LogP contribution is 2.23. The number of hydrogen-bond donors (Lipinski definition) is 1. The Labute approximate surface area is 130 Å². The Morgan fingerprint density at radius 3 is 3.00 bits per heavy atom. The van der Waals surface area contributed by atoms with Crippen LogP contribution in [0.1, 0.15) is 5.01 Å². The number of para-hydroxylation sites is 1. The highest BCUT2D eigenvalue weighted by molar-refractivity contribution is 7.71. The predicted octanol–water partition coefficient (Wildman–Crippen LogP) is 3.95. The maximum absolute atomic E-state index is 5.47. The molecule has 4 rings (SSSR count). The van der Waals surface area contributed by atoms with Crippen LogP contribution in [0.25, 0.3) is 21.9 Å². The number of aromatic amines is 1. The van der Waals surface area contributed by atoms with E-state index in [1.807, 2.05) is 36.0 Å². The molecule has 0 unspecified atom stereocenters. The van der Waals surface area contributed by atoms with Gasteiger partial charge in [-0.3, -0.25) is 4.98 Å². The van der Waals surface area contributed by atoms with E-state index in [9.17, 15) is 0 Å². The molecule has 0 bridgehead atoms. The van der Waals surface area contributed by atoms with Gasteiger partial charge in [-0.1, -0.05) is 18.2 Å². The second kappa shape index (κ2) is 5.05. The Bertz CT molecular complexity index is 966. The van der Waals surface area contributed by atoms with Gasteiger partial charge in [0.2, 0.25) is 0 Å². The van der Waals surface area contributed by atoms with Crippen molar-refractivity contribution in [3.8, 4) is 0 Å². The Morgan fingerprint density at radius 2 is 2.14 bits per heavy atom. The van der Waals surface area contributed by atoms with Gasteiger partial charge in [0.15, 0.2) is 4.77 Å². The van der Waals surface area contributed by atoms with Crippen LogP contribution in [0, 0.1) is 4.77 Å². The third kappa shape index (κ3) is 2.16. The van der Waals surface area contributed by atoms with E-state index in [-0.39, 0.29) is 0 Å². The molecule has 3 aromatic heterocycles. The number of rotatable bonds is 3. The lowest BCUT2D eigenvalue weighted by atomic mass is 10.2. The molecule has 4 aromatic rings. The maximum atomic E-state index is 5.47. The van der Waals surface area contributed by atoms with Crippen molar-refractivity contribution in [3.63, 3.8) is 0 Å². The van der Waals surface area contributed by atoms with Gasteiger partial charge in [-0.2, -0.15) is 0 Å². The first kappa shape index (κ1) is 12.7. The molecular formula is C15H12N4S2. The van der Waals surface area contributed by atoms with Gasteiger partial charge in [0.05, 0.1) is 27.8 Å². The molecule has 21 heavy (non-hydrogen) atoms. The molecule has 0 saturated carbocycles. The fraction of sp³-hybridized carbons (Fsp3) is 0.133. The van der Waals surface area contributed by atoms with Crippen LogP contribution in [0.15, 0.2) is 42.0 Å². The summed E-state index contributed by atoms with van der Waals surface area (Å²) < 4.78 is 2.88. The van der Waals surface area contributed by atoms with Crippen molar-refractivity contribution in [1.82, 2.24) is 19.5 Å². The molecule has 0 saturated heterocycles. The van der Waals surface area contributed by atoms with E-state index in [1.54, 1.807) is 11.3 Å². The lowest BCUT2D eigenvalue weighted by Gasteiger charge is -2.05.